The van der Waals surface area contributed by atoms with E-state index >= 15 is 0 Å². The van der Waals surface area contributed by atoms with E-state index in [1.165, 1.54) is 25.3 Å². The highest BCUT2D eigenvalue weighted by atomic mass is 127. The third-order valence-electron chi connectivity index (χ3n) is 4.61. The molecule has 12 heteroatoms. The van der Waals surface area contributed by atoms with Crippen molar-refractivity contribution in [2.24, 2.45) is 0 Å². The maximum absolute atomic E-state index is 13.1. The summed E-state index contributed by atoms with van der Waals surface area (Å²) < 4.78 is 21.9. The van der Waals surface area contributed by atoms with E-state index in [0.29, 0.717) is 30.0 Å². The molecule has 2 aliphatic rings. The summed E-state index contributed by atoms with van der Waals surface area (Å²) >= 11 is 4.04. The fraction of sp³-hybridized carbons (Fsp3) is 0.143. The molecule has 1 N–H and O–H groups in total. The standard InChI is InChI=1S/C21H14I2N2O8/c1-30-17(26)8-31-18-13(22)5-10(6-14(18)23)4-12-19(27)24-21(29)25(20(12)28)11-2-3-15-16(7-11)33-9-32-15/h2-7H,8-9H2,1H3,(H,24,27,29)/b12-4+. The van der Waals surface area contributed by atoms with Gasteiger partial charge in [-0.3, -0.25) is 14.9 Å². The minimum absolute atomic E-state index is 0.0409. The van der Waals surface area contributed by atoms with Gasteiger partial charge >= 0.3 is 12.0 Å². The number of hydrogen-bond acceptors (Lipinski definition) is 8. The highest BCUT2D eigenvalue weighted by molar-refractivity contribution is 14.1. The van der Waals surface area contributed by atoms with E-state index in [1.54, 1.807) is 18.2 Å². The van der Waals surface area contributed by atoms with Crippen molar-refractivity contribution in [1.29, 1.82) is 0 Å². The molecule has 10 nitrogen and oxygen atoms in total. The number of ether oxygens (including phenoxy) is 4. The predicted molar refractivity (Wildman–Crippen MR) is 131 cm³/mol. The molecule has 4 rings (SSSR count). The highest BCUT2D eigenvalue weighted by Crippen LogP contribution is 2.36. The lowest BCUT2D eigenvalue weighted by Crippen LogP contribution is -2.54. The molecule has 0 atom stereocenters. The molecule has 0 aliphatic carbocycles. The van der Waals surface area contributed by atoms with E-state index < -0.39 is 23.8 Å². The zero-order chi connectivity index (χ0) is 23.7. The molecule has 4 amide bonds. The van der Waals surface area contributed by atoms with Crippen LogP contribution in [-0.4, -0.2) is 44.3 Å². The van der Waals surface area contributed by atoms with Gasteiger partial charge in [0.1, 0.15) is 11.3 Å². The number of halogens is 2. The molecule has 2 aliphatic heterocycles. The van der Waals surface area contributed by atoms with Crippen LogP contribution >= 0.6 is 45.2 Å². The number of hydrogen-bond donors (Lipinski definition) is 1. The Morgan fingerprint density at radius 1 is 1.12 bits per heavy atom. The molecule has 1 fully saturated rings. The molecule has 170 valence electrons. The van der Waals surface area contributed by atoms with Crippen molar-refractivity contribution in [3.05, 3.63) is 48.6 Å². The highest BCUT2D eigenvalue weighted by Gasteiger charge is 2.37. The number of benzene rings is 2. The zero-order valence-electron chi connectivity index (χ0n) is 16.8. The van der Waals surface area contributed by atoms with Crippen molar-refractivity contribution < 1.29 is 38.1 Å². The summed E-state index contributed by atoms with van der Waals surface area (Å²) in [6.07, 6.45) is 1.39. The van der Waals surface area contributed by atoms with E-state index in [9.17, 15) is 19.2 Å². The average Bonchev–Trinajstić information content (AvgIpc) is 3.23. The first kappa shape index (κ1) is 23.3. The van der Waals surface area contributed by atoms with Crippen LogP contribution in [0.4, 0.5) is 10.5 Å². The van der Waals surface area contributed by atoms with Gasteiger partial charge in [0, 0.05) is 6.07 Å². The summed E-state index contributed by atoms with van der Waals surface area (Å²) in [6.45, 7) is -0.213. The Morgan fingerprint density at radius 2 is 1.82 bits per heavy atom. The van der Waals surface area contributed by atoms with Gasteiger partial charge < -0.3 is 18.9 Å². The second-order valence-corrected chi connectivity index (χ2v) is 9.00. The van der Waals surface area contributed by atoms with Crippen LogP contribution in [0.25, 0.3) is 6.08 Å². The van der Waals surface area contributed by atoms with Gasteiger partial charge in [-0.15, -0.1) is 0 Å². The number of esters is 1. The lowest BCUT2D eigenvalue weighted by Gasteiger charge is -2.26. The molecule has 0 aromatic heterocycles. The second kappa shape index (κ2) is 9.54. The molecular weight excluding hydrogens is 662 g/mol. The van der Waals surface area contributed by atoms with Gasteiger partial charge in [-0.2, -0.15) is 0 Å². The van der Waals surface area contributed by atoms with E-state index in [4.69, 9.17) is 14.2 Å². The van der Waals surface area contributed by atoms with E-state index in [1.807, 2.05) is 45.2 Å². The topological polar surface area (TPSA) is 120 Å². The molecule has 0 saturated carbocycles. The van der Waals surface area contributed by atoms with Crippen molar-refractivity contribution in [3.8, 4) is 17.2 Å². The van der Waals surface area contributed by atoms with Gasteiger partial charge in [-0.25, -0.2) is 14.5 Å². The molecule has 1 saturated heterocycles. The van der Waals surface area contributed by atoms with Crippen LogP contribution in [0, 0.1) is 7.14 Å². The number of imide groups is 2. The molecule has 0 bridgehead atoms. The van der Waals surface area contributed by atoms with Crippen LogP contribution in [0.2, 0.25) is 0 Å². The molecular formula is C21H14I2N2O8. The zero-order valence-corrected chi connectivity index (χ0v) is 21.2. The van der Waals surface area contributed by atoms with Gasteiger partial charge in [0.25, 0.3) is 11.8 Å². The summed E-state index contributed by atoms with van der Waals surface area (Å²) in [5.41, 5.74) is 0.547. The van der Waals surface area contributed by atoms with Gasteiger partial charge in [0.2, 0.25) is 6.79 Å². The summed E-state index contributed by atoms with van der Waals surface area (Å²) in [5.74, 6) is -0.751. The van der Waals surface area contributed by atoms with Crippen LogP contribution in [0.5, 0.6) is 17.2 Å². The number of carbonyl (C=O) groups excluding carboxylic acids is 4. The molecule has 0 spiro atoms. The third kappa shape index (κ3) is 4.75. The number of nitrogens with one attached hydrogen (secondary N) is 1. The normalized spacial score (nSPS) is 16.2. The van der Waals surface area contributed by atoms with E-state index in [2.05, 4.69) is 10.1 Å². The van der Waals surface area contributed by atoms with Gasteiger partial charge in [-0.1, -0.05) is 0 Å². The van der Waals surface area contributed by atoms with Crippen LogP contribution in [0.15, 0.2) is 35.9 Å². The maximum atomic E-state index is 13.1. The minimum Gasteiger partial charge on any atom is -0.480 e. The average molecular weight is 676 g/mol. The smallest absolute Gasteiger partial charge is 0.343 e. The Bertz CT molecular complexity index is 1200. The number of rotatable bonds is 5. The van der Waals surface area contributed by atoms with E-state index in [0.717, 1.165) is 4.90 Å². The summed E-state index contributed by atoms with van der Waals surface area (Å²) in [7, 11) is 1.26. The first-order valence-electron chi connectivity index (χ1n) is 9.28. The summed E-state index contributed by atoms with van der Waals surface area (Å²) in [5, 5.41) is 2.18. The Balaban J connectivity index is 1.64. The number of fused-ring (bicyclic) bond motifs is 1. The van der Waals surface area contributed by atoms with Crippen LogP contribution in [0.3, 0.4) is 0 Å². The van der Waals surface area contributed by atoms with Gasteiger partial charge in [0.05, 0.1) is 19.9 Å². The first-order chi connectivity index (χ1) is 15.8. The van der Waals surface area contributed by atoms with E-state index in [-0.39, 0.29) is 24.7 Å². The van der Waals surface area contributed by atoms with Crippen molar-refractivity contribution >= 4 is 80.8 Å². The number of methoxy groups -OCH3 is 1. The largest absolute Gasteiger partial charge is 0.480 e. The Kier molecular flexibility index (Phi) is 6.73. The van der Waals surface area contributed by atoms with Gasteiger partial charge in [-0.05, 0) is 81.1 Å². The molecule has 2 aromatic carbocycles. The lowest BCUT2D eigenvalue weighted by molar-refractivity contribution is -0.143. The van der Waals surface area contributed by atoms with Crippen molar-refractivity contribution in [1.82, 2.24) is 5.32 Å². The van der Waals surface area contributed by atoms with Crippen molar-refractivity contribution in [3.63, 3.8) is 0 Å². The molecule has 2 aromatic rings. The Labute approximate surface area is 214 Å². The number of barbiturate groups is 1. The lowest BCUT2D eigenvalue weighted by atomic mass is 10.1. The number of anilines is 1. The fourth-order valence-corrected chi connectivity index (χ4v) is 5.20. The molecule has 33 heavy (non-hydrogen) atoms. The first-order valence-corrected chi connectivity index (χ1v) is 11.4. The van der Waals surface area contributed by atoms with Crippen molar-refractivity contribution in [2.75, 3.05) is 25.4 Å². The predicted octanol–water partition coefficient (Wildman–Crippen LogP) is 2.84. The van der Waals surface area contributed by atoms with Crippen molar-refractivity contribution in [2.45, 2.75) is 0 Å². The number of amides is 4. The van der Waals surface area contributed by atoms with Crippen LogP contribution < -0.4 is 24.4 Å². The maximum Gasteiger partial charge on any atom is 0.343 e. The minimum atomic E-state index is -0.864. The summed E-state index contributed by atoms with van der Waals surface area (Å²) in [4.78, 5) is 50.2. The Morgan fingerprint density at radius 3 is 2.52 bits per heavy atom. The second-order valence-electron chi connectivity index (χ2n) is 6.67. The number of urea groups is 1. The van der Waals surface area contributed by atoms with Crippen LogP contribution in [0.1, 0.15) is 5.56 Å². The SMILES string of the molecule is COC(=O)COc1c(I)cc(/C=C2\C(=O)NC(=O)N(c3ccc4c(c3)OCO4)C2=O)cc1I. The summed E-state index contributed by atoms with van der Waals surface area (Å²) in [6, 6.07) is 7.10. The third-order valence-corrected chi connectivity index (χ3v) is 6.21. The van der Waals surface area contributed by atoms with Gasteiger partial charge in [0.15, 0.2) is 18.1 Å². The quantitative estimate of drug-likeness (QED) is 0.223. The fourth-order valence-electron chi connectivity index (χ4n) is 3.07. The number of carbonyl (C=O) groups is 4. The Hall–Kier alpha value is -2.88. The monoisotopic (exact) mass is 676 g/mol. The van der Waals surface area contributed by atoms with Crippen LogP contribution in [-0.2, 0) is 19.1 Å². The molecule has 2 heterocycles. The molecule has 0 unspecified atom stereocenters. The molecule has 0 radical (unpaired) electrons. The number of nitrogens with zero attached hydrogens (tertiary/aromatic N) is 1.